The fourth-order valence-corrected chi connectivity index (χ4v) is 1.93. The molecule has 0 radical (unpaired) electrons. The third-order valence-corrected chi connectivity index (χ3v) is 2.83. The summed E-state index contributed by atoms with van der Waals surface area (Å²) in [5, 5.41) is 2.97. The van der Waals surface area contributed by atoms with Crippen LogP contribution in [0.4, 0.5) is 14.5 Å². The van der Waals surface area contributed by atoms with Crippen LogP contribution in [0.5, 0.6) is 0 Å². The number of halogens is 2. The number of rotatable bonds is 3. The molecule has 0 aliphatic carbocycles. The van der Waals surface area contributed by atoms with Gasteiger partial charge in [-0.25, -0.2) is 8.78 Å². The van der Waals surface area contributed by atoms with Gasteiger partial charge in [-0.3, -0.25) is 0 Å². The molecule has 0 saturated carbocycles. The number of hydrogen-bond donors (Lipinski definition) is 2. The minimum Gasteiger partial charge on any atom is -0.399 e. The molecule has 0 fully saturated rings. The van der Waals surface area contributed by atoms with Gasteiger partial charge in [0, 0.05) is 11.3 Å². The molecule has 0 aliphatic rings. The Morgan fingerprint density at radius 2 is 1.72 bits per heavy atom. The van der Waals surface area contributed by atoms with E-state index in [0.29, 0.717) is 5.69 Å². The van der Waals surface area contributed by atoms with Crippen molar-refractivity contribution in [1.82, 2.24) is 5.32 Å². The summed E-state index contributed by atoms with van der Waals surface area (Å²) in [5.41, 5.74) is 7.35. The van der Waals surface area contributed by atoms with Gasteiger partial charge in [-0.2, -0.15) is 0 Å². The summed E-state index contributed by atoms with van der Waals surface area (Å²) >= 11 is 0. The van der Waals surface area contributed by atoms with E-state index in [1.165, 1.54) is 6.07 Å². The first kappa shape index (κ1) is 12.5. The predicted octanol–water partition coefficient (Wildman–Crippen LogP) is 2.86. The van der Waals surface area contributed by atoms with Gasteiger partial charge in [0.2, 0.25) is 0 Å². The van der Waals surface area contributed by atoms with Crippen LogP contribution in [0.2, 0.25) is 0 Å². The number of nitrogens with one attached hydrogen (secondary N) is 1. The molecule has 1 unspecified atom stereocenters. The second kappa shape index (κ2) is 5.14. The van der Waals surface area contributed by atoms with Gasteiger partial charge in [0.25, 0.3) is 0 Å². The highest BCUT2D eigenvalue weighted by Gasteiger charge is 2.16. The van der Waals surface area contributed by atoms with Gasteiger partial charge >= 0.3 is 0 Å². The average Bonchev–Trinajstić information content (AvgIpc) is 2.37. The van der Waals surface area contributed by atoms with Crippen molar-refractivity contribution < 1.29 is 8.78 Å². The van der Waals surface area contributed by atoms with E-state index >= 15 is 0 Å². The van der Waals surface area contributed by atoms with Crippen LogP contribution in [-0.4, -0.2) is 7.05 Å². The van der Waals surface area contributed by atoms with Crippen LogP contribution in [0, 0.1) is 11.6 Å². The van der Waals surface area contributed by atoms with E-state index in [0.717, 1.165) is 17.7 Å². The molecule has 2 aromatic carbocycles. The van der Waals surface area contributed by atoms with E-state index in [9.17, 15) is 8.78 Å². The van der Waals surface area contributed by atoms with Crippen LogP contribution >= 0.6 is 0 Å². The fraction of sp³-hybridized carbons (Fsp3) is 0.143. The van der Waals surface area contributed by atoms with Crippen molar-refractivity contribution in [3.8, 4) is 0 Å². The largest absolute Gasteiger partial charge is 0.399 e. The molecule has 0 bridgehead atoms. The van der Waals surface area contributed by atoms with Crippen molar-refractivity contribution in [2.24, 2.45) is 0 Å². The fourth-order valence-electron chi connectivity index (χ4n) is 1.93. The summed E-state index contributed by atoms with van der Waals surface area (Å²) in [5.74, 6) is -0.894. The lowest BCUT2D eigenvalue weighted by Gasteiger charge is -2.18. The van der Waals surface area contributed by atoms with Gasteiger partial charge in [0.15, 0.2) is 0 Å². The van der Waals surface area contributed by atoms with Crippen molar-refractivity contribution >= 4 is 5.69 Å². The second-order valence-electron chi connectivity index (χ2n) is 4.05. The van der Waals surface area contributed by atoms with Crippen molar-refractivity contribution in [1.29, 1.82) is 0 Å². The van der Waals surface area contributed by atoms with Gasteiger partial charge in [-0.05, 0) is 42.9 Å². The standard InChI is InChI=1S/C14H14F2N2/c1-18-14(9-2-5-11(17)6-3-9)12-8-10(15)4-7-13(12)16/h2-8,14,18H,17H2,1H3. The lowest BCUT2D eigenvalue weighted by Crippen LogP contribution is -2.19. The van der Waals surface area contributed by atoms with Crippen molar-refractivity contribution in [3.05, 3.63) is 65.2 Å². The SMILES string of the molecule is CNC(c1ccc(N)cc1)c1cc(F)ccc1F. The maximum atomic E-state index is 13.7. The Morgan fingerprint density at radius 3 is 2.33 bits per heavy atom. The number of nitrogens with two attached hydrogens (primary N) is 1. The highest BCUT2D eigenvalue weighted by molar-refractivity contribution is 5.42. The summed E-state index contributed by atoms with van der Waals surface area (Å²) in [6.07, 6.45) is 0. The van der Waals surface area contributed by atoms with Crippen LogP contribution in [0.3, 0.4) is 0 Å². The number of benzene rings is 2. The number of nitrogen functional groups attached to an aromatic ring is 1. The zero-order valence-corrected chi connectivity index (χ0v) is 9.95. The van der Waals surface area contributed by atoms with E-state index in [1.54, 1.807) is 31.3 Å². The molecule has 0 amide bonds. The molecular formula is C14H14F2N2. The van der Waals surface area contributed by atoms with Gasteiger partial charge in [0.1, 0.15) is 11.6 Å². The number of anilines is 1. The molecule has 2 aromatic rings. The van der Waals surface area contributed by atoms with E-state index in [1.807, 2.05) is 0 Å². The van der Waals surface area contributed by atoms with Crippen LogP contribution in [0.15, 0.2) is 42.5 Å². The van der Waals surface area contributed by atoms with Crippen LogP contribution < -0.4 is 11.1 Å². The molecule has 0 heterocycles. The van der Waals surface area contributed by atoms with E-state index in [2.05, 4.69) is 5.32 Å². The average molecular weight is 248 g/mol. The Hall–Kier alpha value is -1.94. The summed E-state index contributed by atoms with van der Waals surface area (Å²) in [4.78, 5) is 0. The highest BCUT2D eigenvalue weighted by atomic mass is 19.1. The van der Waals surface area contributed by atoms with Crippen molar-refractivity contribution in [3.63, 3.8) is 0 Å². The second-order valence-corrected chi connectivity index (χ2v) is 4.05. The maximum Gasteiger partial charge on any atom is 0.128 e. The third kappa shape index (κ3) is 2.49. The summed E-state index contributed by atoms with van der Waals surface area (Å²) in [7, 11) is 1.70. The Kier molecular flexibility index (Phi) is 3.58. The Bertz CT molecular complexity index is 538. The van der Waals surface area contributed by atoms with E-state index in [-0.39, 0.29) is 5.56 Å². The first-order valence-electron chi connectivity index (χ1n) is 5.59. The van der Waals surface area contributed by atoms with Crippen LogP contribution in [-0.2, 0) is 0 Å². The smallest absolute Gasteiger partial charge is 0.128 e. The molecule has 94 valence electrons. The van der Waals surface area contributed by atoms with Crippen LogP contribution in [0.1, 0.15) is 17.2 Å². The maximum absolute atomic E-state index is 13.7. The van der Waals surface area contributed by atoms with E-state index in [4.69, 9.17) is 5.73 Å². The Morgan fingerprint density at radius 1 is 1.06 bits per heavy atom. The zero-order chi connectivity index (χ0) is 13.1. The van der Waals surface area contributed by atoms with Gasteiger partial charge in [0.05, 0.1) is 6.04 Å². The zero-order valence-electron chi connectivity index (χ0n) is 9.95. The molecule has 3 N–H and O–H groups in total. The quantitative estimate of drug-likeness (QED) is 0.820. The van der Waals surface area contributed by atoms with Crippen LogP contribution in [0.25, 0.3) is 0 Å². The van der Waals surface area contributed by atoms with Crippen molar-refractivity contribution in [2.45, 2.75) is 6.04 Å². The molecule has 0 spiro atoms. The molecule has 0 saturated heterocycles. The number of hydrogen-bond acceptors (Lipinski definition) is 2. The van der Waals surface area contributed by atoms with Gasteiger partial charge in [-0.15, -0.1) is 0 Å². The van der Waals surface area contributed by atoms with Crippen molar-refractivity contribution in [2.75, 3.05) is 12.8 Å². The van der Waals surface area contributed by atoms with Gasteiger partial charge in [-0.1, -0.05) is 12.1 Å². The molecule has 0 aliphatic heterocycles. The topological polar surface area (TPSA) is 38.0 Å². The molecule has 1 atom stereocenters. The first-order valence-corrected chi connectivity index (χ1v) is 5.59. The monoisotopic (exact) mass is 248 g/mol. The first-order chi connectivity index (χ1) is 8.61. The molecule has 2 rings (SSSR count). The highest BCUT2D eigenvalue weighted by Crippen LogP contribution is 2.25. The summed E-state index contributed by atoms with van der Waals surface area (Å²) in [6.45, 7) is 0. The predicted molar refractivity (Wildman–Crippen MR) is 68.1 cm³/mol. The minimum absolute atomic E-state index is 0.280. The molecule has 0 aromatic heterocycles. The Labute approximate surface area is 104 Å². The van der Waals surface area contributed by atoms with Gasteiger partial charge < -0.3 is 11.1 Å². The lowest BCUT2D eigenvalue weighted by molar-refractivity contribution is 0.558. The normalized spacial score (nSPS) is 12.4. The molecule has 2 nitrogen and oxygen atoms in total. The lowest BCUT2D eigenvalue weighted by atomic mass is 9.98. The van der Waals surface area contributed by atoms with E-state index < -0.39 is 17.7 Å². The molecular weight excluding hydrogens is 234 g/mol. The third-order valence-electron chi connectivity index (χ3n) is 2.83. The molecule has 4 heteroatoms. The minimum atomic E-state index is -0.456. The Balaban J connectivity index is 2.44. The molecule has 18 heavy (non-hydrogen) atoms. The summed E-state index contributed by atoms with van der Waals surface area (Å²) in [6, 6.07) is 10.1. The summed E-state index contributed by atoms with van der Waals surface area (Å²) < 4.78 is 26.9.